The summed E-state index contributed by atoms with van der Waals surface area (Å²) in [4.78, 5) is 0. The minimum Gasteiger partial charge on any atom is -0.321 e. The molecule has 0 heterocycles. The predicted octanol–water partition coefficient (Wildman–Crippen LogP) is 3.54. The van der Waals surface area contributed by atoms with Crippen molar-refractivity contribution < 1.29 is 0 Å². The standard InChI is InChI=1S/C15H21N/c1-11-10-12-6-4-5-9-15(12,16)14-8-3-2-7-13(11)14/h2-3,7-8,11-12H,4-6,9-10,16H2,1H3/t11?,12-,15+/m1/s1. The molecule has 0 amide bonds. The van der Waals surface area contributed by atoms with E-state index in [9.17, 15) is 0 Å². The van der Waals surface area contributed by atoms with E-state index in [0.29, 0.717) is 11.8 Å². The highest BCUT2D eigenvalue weighted by Crippen LogP contribution is 2.50. The molecule has 0 radical (unpaired) electrons. The number of rotatable bonds is 0. The van der Waals surface area contributed by atoms with Crippen LogP contribution in [0.1, 0.15) is 56.1 Å². The Labute approximate surface area is 98.0 Å². The molecule has 3 atom stereocenters. The molecular formula is C15H21N. The summed E-state index contributed by atoms with van der Waals surface area (Å²) in [5, 5.41) is 0. The monoisotopic (exact) mass is 215 g/mol. The summed E-state index contributed by atoms with van der Waals surface area (Å²) in [5.74, 6) is 1.40. The van der Waals surface area contributed by atoms with Gasteiger partial charge in [-0.2, -0.15) is 0 Å². The summed E-state index contributed by atoms with van der Waals surface area (Å²) in [6, 6.07) is 8.85. The highest BCUT2D eigenvalue weighted by atomic mass is 14.8. The summed E-state index contributed by atoms with van der Waals surface area (Å²) >= 11 is 0. The SMILES string of the molecule is CC1C[C@H]2CCCC[C@@]2(N)c2ccccc21. The third-order valence-corrected chi connectivity index (χ3v) is 4.75. The van der Waals surface area contributed by atoms with Crippen molar-refractivity contribution in [2.24, 2.45) is 11.7 Å². The van der Waals surface area contributed by atoms with Crippen LogP contribution in [0.4, 0.5) is 0 Å². The third-order valence-electron chi connectivity index (χ3n) is 4.75. The van der Waals surface area contributed by atoms with Crippen molar-refractivity contribution in [2.45, 2.75) is 50.5 Å². The van der Waals surface area contributed by atoms with E-state index in [2.05, 4.69) is 31.2 Å². The fourth-order valence-electron chi connectivity index (χ4n) is 3.86. The quantitative estimate of drug-likeness (QED) is 0.704. The number of fused-ring (bicyclic) bond motifs is 3. The molecule has 0 spiro atoms. The van der Waals surface area contributed by atoms with Gasteiger partial charge in [0.25, 0.3) is 0 Å². The molecule has 1 saturated carbocycles. The lowest BCUT2D eigenvalue weighted by Crippen LogP contribution is -2.49. The highest BCUT2D eigenvalue weighted by molar-refractivity contribution is 5.39. The number of nitrogens with two attached hydrogens (primary N) is 1. The molecule has 1 nitrogen and oxygen atoms in total. The first kappa shape index (κ1) is 10.3. The van der Waals surface area contributed by atoms with Crippen LogP contribution < -0.4 is 5.73 Å². The molecule has 0 aliphatic heterocycles. The number of benzene rings is 1. The summed E-state index contributed by atoms with van der Waals surface area (Å²) in [7, 11) is 0. The lowest BCUT2D eigenvalue weighted by molar-refractivity contribution is 0.154. The van der Waals surface area contributed by atoms with Crippen LogP contribution >= 0.6 is 0 Å². The minimum absolute atomic E-state index is 0.0125. The second-order valence-electron chi connectivity index (χ2n) is 5.71. The first-order valence-corrected chi connectivity index (χ1v) is 6.60. The third kappa shape index (κ3) is 1.34. The molecule has 2 aliphatic carbocycles. The molecule has 1 unspecified atom stereocenters. The molecule has 0 saturated heterocycles. The molecule has 0 aromatic heterocycles. The molecule has 86 valence electrons. The molecule has 1 aromatic rings. The van der Waals surface area contributed by atoms with Crippen LogP contribution in [-0.4, -0.2) is 0 Å². The Morgan fingerprint density at radius 1 is 1.25 bits per heavy atom. The van der Waals surface area contributed by atoms with Crippen molar-refractivity contribution in [3.63, 3.8) is 0 Å². The van der Waals surface area contributed by atoms with Gasteiger partial charge >= 0.3 is 0 Å². The van der Waals surface area contributed by atoms with E-state index in [4.69, 9.17) is 5.73 Å². The van der Waals surface area contributed by atoms with E-state index in [1.807, 2.05) is 0 Å². The van der Waals surface area contributed by atoms with Gasteiger partial charge in [0, 0.05) is 5.54 Å². The highest BCUT2D eigenvalue weighted by Gasteiger charge is 2.44. The summed E-state index contributed by atoms with van der Waals surface area (Å²) in [6.07, 6.45) is 6.47. The smallest absolute Gasteiger partial charge is 0.0441 e. The van der Waals surface area contributed by atoms with E-state index in [-0.39, 0.29) is 5.54 Å². The Kier molecular flexibility index (Phi) is 2.32. The van der Waals surface area contributed by atoms with Crippen LogP contribution in [0.15, 0.2) is 24.3 Å². The molecule has 0 bridgehead atoms. The normalized spacial score (nSPS) is 37.6. The number of hydrogen-bond donors (Lipinski definition) is 1. The molecule has 16 heavy (non-hydrogen) atoms. The van der Waals surface area contributed by atoms with Gasteiger partial charge in [0.15, 0.2) is 0 Å². The average molecular weight is 215 g/mol. The topological polar surface area (TPSA) is 26.0 Å². The minimum atomic E-state index is -0.0125. The zero-order valence-electron chi connectivity index (χ0n) is 10.1. The maximum Gasteiger partial charge on any atom is 0.0441 e. The fraction of sp³-hybridized carbons (Fsp3) is 0.600. The molecule has 3 rings (SSSR count). The van der Waals surface area contributed by atoms with E-state index in [1.165, 1.54) is 43.2 Å². The van der Waals surface area contributed by atoms with Gasteiger partial charge in [0.2, 0.25) is 0 Å². The fourth-order valence-corrected chi connectivity index (χ4v) is 3.86. The van der Waals surface area contributed by atoms with E-state index in [0.717, 1.165) is 0 Å². The van der Waals surface area contributed by atoms with Crippen molar-refractivity contribution in [3.8, 4) is 0 Å². The van der Waals surface area contributed by atoms with Crippen LogP contribution in [0.25, 0.3) is 0 Å². The Hall–Kier alpha value is -0.820. The van der Waals surface area contributed by atoms with Crippen LogP contribution in [0.3, 0.4) is 0 Å². The van der Waals surface area contributed by atoms with E-state index in [1.54, 1.807) is 0 Å². The lowest BCUT2D eigenvalue weighted by atomic mass is 9.61. The Morgan fingerprint density at radius 3 is 2.94 bits per heavy atom. The van der Waals surface area contributed by atoms with Crippen LogP contribution in [-0.2, 0) is 5.54 Å². The number of hydrogen-bond acceptors (Lipinski definition) is 1. The zero-order valence-corrected chi connectivity index (χ0v) is 10.1. The molecule has 2 aliphatic rings. The molecule has 1 heteroatoms. The van der Waals surface area contributed by atoms with Crippen molar-refractivity contribution in [3.05, 3.63) is 35.4 Å². The predicted molar refractivity (Wildman–Crippen MR) is 67.3 cm³/mol. The van der Waals surface area contributed by atoms with Gasteiger partial charge in [-0.3, -0.25) is 0 Å². The van der Waals surface area contributed by atoms with Crippen molar-refractivity contribution in [1.29, 1.82) is 0 Å². The first-order chi connectivity index (χ1) is 7.72. The Balaban J connectivity index is 2.12. The van der Waals surface area contributed by atoms with Crippen LogP contribution in [0, 0.1) is 5.92 Å². The largest absolute Gasteiger partial charge is 0.321 e. The Morgan fingerprint density at radius 2 is 2.06 bits per heavy atom. The van der Waals surface area contributed by atoms with E-state index < -0.39 is 0 Å². The molecule has 2 N–H and O–H groups in total. The molecule has 1 fully saturated rings. The average Bonchev–Trinajstić information content (AvgIpc) is 2.31. The van der Waals surface area contributed by atoms with Crippen molar-refractivity contribution in [1.82, 2.24) is 0 Å². The maximum atomic E-state index is 6.74. The van der Waals surface area contributed by atoms with Gasteiger partial charge in [0.1, 0.15) is 0 Å². The summed E-state index contributed by atoms with van der Waals surface area (Å²) in [5.41, 5.74) is 9.67. The first-order valence-electron chi connectivity index (χ1n) is 6.60. The van der Waals surface area contributed by atoms with E-state index >= 15 is 0 Å². The maximum absolute atomic E-state index is 6.74. The van der Waals surface area contributed by atoms with Gasteiger partial charge in [-0.1, -0.05) is 44.0 Å². The molecule has 1 aromatic carbocycles. The van der Waals surface area contributed by atoms with Gasteiger partial charge in [-0.25, -0.2) is 0 Å². The second-order valence-corrected chi connectivity index (χ2v) is 5.71. The lowest BCUT2D eigenvalue weighted by Gasteiger charge is -2.48. The summed E-state index contributed by atoms with van der Waals surface area (Å²) in [6.45, 7) is 2.35. The van der Waals surface area contributed by atoms with Gasteiger partial charge < -0.3 is 5.73 Å². The molecular weight excluding hydrogens is 194 g/mol. The second kappa shape index (κ2) is 3.59. The van der Waals surface area contributed by atoms with Gasteiger partial charge in [-0.05, 0) is 42.2 Å². The van der Waals surface area contributed by atoms with Crippen molar-refractivity contribution >= 4 is 0 Å². The van der Waals surface area contributed by atoms with Gasteiger partial charge in [0.05, 0.1) is 0 Å². The van der Waals surface area contributed by atoms with Crippen LogP contribution in [0.2, 0.25) is 0 Å². The van der Waals surface area contributed by atoms with Crippen LogP contribution in [0.5, 0.6) is 0 Å². The zero-order chi connectivity index (χ0) is 11.2. The summed E-state index contributed by atoms with van der Waals surface area (Å²) < 4.78 is 0. The van der Waals surface area contributed by atoms with Crippen molar-refractivity contribution in [2.75, 3.05) is 0 Å². The Bertz CT molecular complexity index is 398. The van der Waals surface area contributed by atoms with Gasteiger partial charge in [-0.15, -0.1) is 0 Å².